The Morgan fingerprint density at radius 3 is 2.24 bits per heavy atom. The number of anilines is 3. The summed E-state index contributed by atoms with van der Waals surface area (Å²) in [4.78, 5) is 16.2. The number of alkyl halides is 6. The number of rotatable bonds is 8. The van der Waals surface area contributed by atoms with Crippen LogP contribution in [0.1, 0.15) is 37.8 Å². The minimum atomic E-state index is -4.74. The standard InChI is InChI=1S/C24H22F6N8/c1-3-13(4-2)10-32-19-9-15(24(28,29)30)20(38-37-19)17-12-34-21-16(7-8-31-22(21)36-17)35-18-6-5-14(11-33-18)23(25,26)27/h5-9,11-13H,3-4,10H2,1-2H3,(H,32,37)(H,31,33,35,36). The molecule has 4 aromatic rings. The monoisotopic (exact) mass is 536 g/mol. The smallest absolute Gasteiger partial charge is 0.368 e. The number of aromatic nitrogens is 6. The number of hydrogen-bond donors (Lipinski definition) is 2. The maximum absolute atomic E-state index is 13.9. The molecule has 0 atom stereocenters. The number of hydrogen-bond acceptors (Lipinski definition) is 8. The maximum Gasteiger partial charge on any atom is 0.418 e. The Labute approximate surface area is 213 Å². The highest BCUT2D eigenvalue weighted by Gasteiger charge is 2.36. The van der Waals surface area contributed by atoms with E-state index in [0.717, 1.165) is 37.2 Å². The van der Waals surface area contributed by atoms with Gasteiger partial charge in [-0.2, -0.15) is 26.3 Å². The molecule has 0 aliphatic rings. The fourth-order valence-corrected chi connectivity index (χ4v) is 3.62. The van der Waals surface area contributed by atoms with Gasteiger partial charge < -0.3 is 10.6 Å². The first-order valence-corrected chi connectivity index (χ1v) is 11.6. The summed E-state index contributed by atoms with van der Waals surface area (Å²) in [6.07, 6.45) is -4.43. The fourth-order valence-electron chi connectivity index (χ4n) is 3.62. The minimum absolute atomic E-state index is 0.00428. The van der Waals surface area contributed by atoms with Crippen molar-refractivity contribution in [3.05, 3.63) is 54.0 Å². The highest BCUT2D eigenvalue weighted by Crippen LogP contribution is 2.37. The molecule has 2 N–H and O–H groups in total. The van der Waals surface area contributed by atoms with Crippen LogP contribution < -0.4 is 10.6 Å². The Kier molecular flexibility index (Phi) is 7.60. The Balaban J connectivity index is 1.65. The predicted octanol–water partition coefficient (Wildman–Crippen LogP) is 6.51. The van der Waals surface area contributed by atoms with Crippen LogP contribution in [0.2, 0.25) is 0 Å². The van der Waals surface area contributed by atoms with Crippen LogP contribution in [-0.4, -0.2) is 36.7 Å². The van der Waals surface area contributed by atoms with Crippen LogP contribution in [0.3, 0.4) is 0 Å². The van der Waals surface area contributed by atoms with E-state index in [4.69, 9.17) is 0 Å². The van der Waals surface area contributed by atoms with Crippen molar-refractivity contribution in [3.63, 3.8) is 0 Å². The van der Waals surface area contributed by atoms with E-state index in [-0.39, 0.29) is 34.4 Å². The molecule has 0 radical (unpaired) electrons. The molecule has 0 saturated heterocycles. The summed E-state index contributed by atoms with van der Waals surface area (Å²) in [5.74, 6) is 0.372. The van der Waals surface area contributed by atoms with Crippen LogP contribution in [0.15, 0.2) is 42.9 Å². The number of nitrogens with one attached hydrogen (secondary N) is 2. The van der Waals surface area contributed by atoms with Crippen molar-refractivity contribution in [2.75, 3.05) is 17.2 Å². The van der Waals surface area contributed by atoms with Gasteiger partial charge in [0.1, 0.15) is 28.5 Å². The highest BCUT2D eigenvalue weighted by molar-refractivity contribution is 5.87. The zero-order valence-corrected chi connectivity index (χ0v) is 20.2. The van der Waals surface area contributed by atoms with Crippen molar-refractivity contribution in [1.82, 2.24) is 30.1 Å². The second-order valence-corrected chi connectivity index (χ2v) is 8.39. The molecule has 0 saturated carbocycles. The zero-order chi connectivity index (χ0) is 27.5. The second kappa shape index (κ2) is 10.7. The van der Waals surface area contributed by atoms with Gasteiger partial charge in [0.25, 0.3) is 0 Å². The Morgan fingerprint density at radius 2 is 1.61 bits per heavy atom. The molecule has 0 aliphatic carbocycles. The van der Waals surface area contributed by atoms with Gasteiger partial charge in [-0.3, -0.25) is 0 Å². The van der Waals surface area contributed by atoms with Crippen LogP contribution in [0.4, 0.5) is 43.7 Å². The minimum Gasteiger partial charge on any atom is -0.368 e. The summed E-state index contributed by atoms with van der Waals surface area (Å²) in [6, 6.07) is 4.37. The van der Waals surface area contributed by atoms with E-state index in [1.54, 1.807) is 0 Å². The van der Waals surface area contributed by atoms with Gasteiger partial charge in [-0.1, -0.05) is 26.7 Å². The molecular formula is C24H22F6N8. The molecule has 0 aromatic carbocycles. The summed E-state index contributed by atoms with van der Waals surface area (Å²) in [7, 11) is 0. The van der Waals surface area contributed by atoms with E-state index < -0.39 is 29.2 Å². The SMILES string of the molecule is CCC(CC)CNc1cc(C(F)(F)F)c(-c2cnc3c(Nc4ccc(C(F)(F)F)cn4)ccnc3n2)nn1. The lowest BCUT2D eigenvalue weighted by molar-refractivity contribution is -0.138. The average molecular weight is 536 g/mol. The van der Waals surface area contributed by atoms with Gasteiger partial charge in [-0.25, -0.2) is 19.9 Å². The molecule has 4 rings (SSSR count). The molecule has 4 aromatic heterocycles. The number of halogens is 6. The fraction of sp³-hybridized carbons (Fsp3) is 0.333. The van der Waals surface area contributed by atoms with Crippen molar-refractivity contribution in [2.24, 2.45) is 5.92 Å². The Hall–Kier alpha value is -4.10. The lowest BCUT2D eigenvalue weighted by atomic mass is 10.0. The summed E-state index contributed by atoms with van der Waals surface area (Å²) < 4.78 is 80.1. The van der Waals surface area contributed by atoms with E-state index >= 15 is 0 Å². The van der Waals surface area contributed by atoms with Gasteiger partial charge >= 0.3 is 12.4 Å². The van der Waals surface area contributed by atoms with Crippen molar-refractivity contribution in [1.29, 1.82) is 0 Å². The summed E-state index contributed by atoms with van der Waals surface area (Å²) in [5.41, 5.74) is -2.19. The Bertz CT molecular complexity index is 1400. The molecule has 0 amide bonds. The molecule has 0 aliphatic heterocycles. The van der Waals surface area contributed by atoms with Gasteiger partial charge in [-0.15, -0.1) is 10.2 Å². The van der Waals surface area contributed by atoms with Gasteiger partial charge in [0.2, 0.25) is 0 Å². The quantitative estimate of drug-likeness (QED) is 0.246. The molecule has 200 valence electrons. The molecule has 38 heavy (non-hydrogen) atoms. The summed E-state index contributed by atoms with van der Waals surface area (Å²) >= 11 is 0. The molecule has 0 fully saturated rings. The normalized spacial score (nSPS) is 12.2. The van der Waals surface area contributed by atoms with Crippen LogP contribution >= 0.6 is 0 Å². The number of nitrogens with zero attached hydrogens (tertiary/aromatic N) is 6. The lowest BCUT2D eigenvalue weighted by Crippen LogP contribution is -2.16. The first kappa shape index (κ1) is 26.9. The molecule has 4 heterocycles. The molecular weight excluding hydrogens is 514 g/mol. The predicted molar refractivity (Wildman–Crippen MR) is 128 cm³/mol. The first-order valence-electron chi connectivity index (χ1n) is 11.6. The third kappa shape index (κ3) is 6.06. The topological polar surface area (TPSA) is 101 Å². The first-order chi connectivity index (χ1) is 18.0. The van der Waals surface area contributed by atoms with E-state index in [1.165, 1.54) is 12.3 Å². The second-order valence-electron chi connectivity index (χ2n) is 8.39. The zero-order valence-electron chi connectivity index (χ0n) is 20.2. The van der Waals surface area contributed by atoms with Gasteiger partial charge in [-0.05, 0) is 30.2 Å². The van der Waals surface area contributed by atoms with E-state index in [2.05, 4.69) is 40.8 Å². The molecule has 14 heteroatoms. The van der Waals surface area contributed by atoms with Crippen LogP contribution in [0.5, 0.6) is 0 Å². The molecule has 8 nitrogen and oxygen atoms in total. The van der Waals surface area contributed by atoms with E-state index in [1.807, 2.05) is 13.8 Å². The highest BCUT2D eigenvalue weighted by atomic mass is 19.4. The number of fused-ring (bicyclic) bond motifs is 1. The van der Waals surface area contributed by atoms with E-state index in [0.29, 0.717) is 18.4 Å². The van der Waals surface area contributed by atoms with Crippen molar-refractivity contribution >= 4 is 28.5 Å². The van der Waals surface area contributed by atoms with Gasteiger partial charge in [0.15, 0.2) is 5.65 Å². The van der Waals surface area contributed by atoms with Crippen LogP contribution in [-0.2, 0) is 12.4 Å². The Morgan fingerprint density at radius 1 is 0.842 bits per heavy atom. The average Bonchev–Trinajstić information content (AvgIpc) is 2.88. The third-order valence-corrected chi connectivity index (χ3v) is 5.87. The maximum atomic E-state index is 13.9. The lowest BCUT2D eigenvalue weighted by Gasteiger charge is -2.16. The summed E-state index contributed by atoms with van der Waals surface area (Å²) in [6.45, 7) is 4.46. The van der Waals surface area contributed by atoms with Crippen molar-refractivity contribution < 1.29 is 26.3 Å². The van der Waals surface area contributed by atoms with Crippen molar-refractivity contribution in [3.8, 4) is 11.4 Å². The third-order valence-electron chi connectivity index (χ3n) is 5.87. The molecule has 0 bridgehead atoms. The van der Waals surface area contributed by atoms with Crippen molar-refractivity contribution in [2.45, 2.75) is 39.0 Å². The largest absolute Gasteiger partial charge is 0.418 e. The summed E-state index contributed by atoms with van der Waals surface area (Å²) in [5, 5.41) is 13.4. The molecule has 0 spiro atoms. The van der Waals surface area contributed by atoms with Crippen LogP contribution in [0, 0.1) is 5.92 Å². The number of pyridine rings is 2. The van der Waals surface area contributed by atoms with Gasteiger partial charge in [0, 0.05) is 18.9 Å². The van der Waals surface area contributed by atoms with Gasteiger partial charge in [0.05, 0.1) is 23.0 Å². The van der Waals surface area contributed by atoms with Crippen LogP contribution in [0.25, 0.3) is 22.6 Å². The van der Waals surface area contributed by atoms with E-state index in [9.17, 15) is 26.3 Å². The molecule has 0 unspecified atom stereocenters.